The molecular formula is C45H59N3O4. The molecule has 1 heterocycles. The number of aliphatic hydroxyl groups is 2. The van der Waals surface area contributed by atoms with Crippen LogP contribution in [-0.2, 0) is 11.2 Å². The van der Waals surface area contributed by atoms with E-state index >= 15 is 0 Å². The van der Waals surface area contributed by atoms with Crippen LogP contribution in [0.25, 0.3) is 10.8 Å². The van der Waals surface area contributed by atoms with Crippen LogP contribution in [0.5, 0.6) is 0 Å². The van der Waals surface area contributed by atoms with Crippen LogP contribution in [0.4, 0.5) is 0 Å². The van der Waals surface area contributed by atoms with Crippen molar-refractivity contribution in [2.45, 2.75) is 103 Å². The predicted molar refractivity (Wildman–Crippen MR) is 206 cm³/mol. The van der Waals surface area contributed by atoms with Gasteiger partial charge in [-0.25, -0.2) is 0 Å². The first-order valence-corrected chi connectivity index (χ1v) is 20.3. The summed E-state index contributed by atoms with van der Waals surface area (Å²) < 4.78 is 0. The number of fused-ring (bicyclic) bond motifs is 6. The van der Waals surface area contributed by atoms with Gasteiger partial charge in [0.25, 0.3) is 5.91 Å². The van der Waals surface area contributed by atoms with E-state index in [1.165, 1.54) is 32.1 Å². The second-order valence-corrected chi connectivity index (χ2v) is 17.8. The Morgan fingerprint density at radius 2 is 1.56 bits per heavy atom. The molecule has 5 aliphatic rings. The molecule has 3 aromatic rings. The van der Waals surface area contributed by atoms with E-state index in [0.717, 1.165) is 54.6 Å². The van der Waals surface area contributed by atoms with Crippen LogP contribution >= 0.6 is 0 Å². The number of aliphatic hydroxyl groups excluding tert-OH is 2. The normalized spacial score (nSPS) is 35.9. The molecule has 5 fully saturated rings. The zero-order valence-electron chi connectivity index (χ0n) is 31.4. The summed E-state index contributed by atoms with van der Waals surface area (Å²) in [5.41, 5.74) is 2.02. The van der Waals surface area contributed by atoms with E-state index in [2.05, 4.69) is 24.1 Å². The standard InChI is InChI=1S/C45H59N3O4/c1-29(49)36-17-18-37-35-16-15-34-27-41(50)40(28-45(34,3)38(35)19-20-44(36,37)2)47-21-23-48(24-22-47)43(52)39(25-30-9-5-4-6-10-30)46-42(51)33-14-13-31-11-7-8-12-32(31)26-33/h4-14,26,29,34-41,49-50H,15-25,27-28H2,1-3H3,(H,46,51)/t29-,34+,35+,36-,37+,38+,39-,40+,41+,44-,45+/m1/s1. The third-order valence-electron chi connectivity index (χ3n) is 15.3. The topological polar surface area (TPSA) is 93.1 Å². The molecule has 1 aliphatic heterocycles. The number of piperazine rings is 1. The molecule has 0 bridgehead atoms. The molecule has 278 valence electrons. The van der Waals surface area contributed by atoms with Gasteiger partial charge in [-0.2, -0.15) is 0 Å². The van der Waals surface area contributed by atoms with E-state index in [9.17, 15) is 19.8 Å². The maximum atomic E-state index is 14.2. The first kappa shape index (κ1) is 35.8. The minimum Gasteiger partial charge on any atom is -0.393 e. The van der Waals surface area contributed by atoms with Gasteiger partial charge in [0.15, 0.2) is 0 Å². The number of nitrogens with one attached hydrogen (secondary N) is 1. The van der Waals surface area contributed by atoms with Crippen molar-refractivity contribution in [3.63, 3.8) is 0 Å². The highest BCUT2D eigenvalue weighted by molar-refractivity contribution is 6.00. The monoisotopic (exact) mass is 705 g/mol. The Morgan fingerprint density at radius 3 is 2.31 bits per heavy atom. The van der Waals surface area contributed by atoms with Crippen molar-refractivity contribution >= 4 is 22.6 Å². The summed E-state index contributed by atoms with van der Waals surface area (Å²) in [6.07, 6.45) is 9.12. The van der Waals surface area contributed by atoms with Crippen molar-refractivity contribution in [3.8, 4) is 0 Å². The van der Waals surface area contributed by atoms with Crippen LogP contribution in [-0.4, -0.2) is 82.3 Å². The van der Waals surface area contributed by atoms with Gasteiger partial charge in [-0.15, -0.1) is 0 Å². The molecule has 3 N–H and O–H groups in total. The van der Waals surface area contributed by atoms with Crippen molar-refractivity contribution < 1.29 is 19.8 Å². The van der Waals surface area contributed by atoms with Crippen LogP contribution in [0.1, 0.15) is 88.1 Å². The molecule has 7 nitrogen and oxygen atoms in total. The van der Waals surface area contributed by atoms with Gasteiger partial charge in [0.1, 0.15) is 6.04 Å². The molecule has 0 unspecified atom stereocenters. The first-order chi connectivity index (χ1) is 25.0. The number of hydrogen-bond donors (Lipinski definition) is 3. The Kier molecular flexibility index (Phi) is 9.75. The van der Waals surface area contributed by atoms with Gasteiger partial charge in [0, 0.05) is 44.2 Å². The Labute approximate surface area is 310 Å². The van der Waals surface area contributed by atoms with Crippen LogP contribution in [0, 0.1) is 40.4 Å². The number of carbonyl (C=O) groups is 2. The molecule has 1 saturated heterocycles. The predicted octanol–water partition coefficient (Wildman–Crippen LogP) is 6.70. The van der Waals surface area contributed by atoms with Crippen molar-refractivity contribution in [3.05, 3.63) is 83.9 Å². The van der Waals surface area contributed by atoms with E-state index in [4.69, 9.17) is 0 Å². The molecule has 2 amide bonds. The summed E-state index contributed by atoms with van der Waals surface area (Å²) in [7, 11) is 0. The Bertz CT molecular complexity index is 1760. The minimum atomic E-state index is -0.673. The summed E-state index contributed by atoms with van der Waals surface area (Å²) in [6, 6.07) is 23.1. The van der Waals surface area contributed by atoms with E-state index in [-0.39, 0.29) is 40.9 Å². The number of benzene rings is 3. The highest BCUT2D eigenvalue weighted by atomic mass is 16.3. The number of rotatable bonds is 7. The molecule has 0 aromatic heterocycles. The Morgan fingerprint density at radius 1 is 0.846 bits per heavy atom. The molecule has 11 atom stereocenters. The van der Waals surface area contributed by atoms with Gasteiger partial charge in [-0.05, 0) is 127 Å². The molecule has 0 radical (unpaired) electrons. The smallest absolute Gasteiger partial charge is 0.251 e. The number of nitrogens with zero attached hydrogens (tertiary/aromatic N) is 2. The quantitative estimate of drug-likeness (QED) is 0.255. The molecule has 8 rings (SSSR count). The van der Waals surface area contributed by atoms with Crippen LogP contribution < -0.4 is 5.32 Å². The van der Waals surface area contributed by atoms with E-state index in [0.29, 0.717) is 48.7 Å². The Balaban J connectivity index is 0.944. The van der Waals surface area contributed by atoms with Gasteiger partial charge in [-0.1, -0.05) is 74.5 Å². The van der Waals surface area contributed by atoms with E-state index in [1.54, 1.807) is 0 Å². The van der Waals surface area contributed by atoms with Crippen molar-refractivity contribution in [1.82, 2.24) is 15.1 Å². The first-order valence-electron chi connectivity index (χ1n) is 20.3. The second kappa shape index (κ2) is 14.2. The van der Waals surface area contributed by atoms with Crippen LogP contribution in [0.2, 0.25) is 0 Å². The third kappa shape index (κ3) is 6.39. The summed E-state index contributed by atoms with van der Waals surface area (Å²) >= 11 is 0. The summed E-state index contributed by atoms with van der Waals surface area (Å²) in [6.45, 7) is 9.70. The SMILES string of the molecule is C[C@@H](O)[C@H]1CC[C@H]2[C@@H]3CC[C@H]4C[C@H](O)[C@@H](N5CCN(C(=O)[C@@H](Cc6ccccc6)NC(=O)c6ccc7ccccc7c6)CC5)C[C@]4(C)[C@H]3CC[C@]12C. The van der Waals surface area contributed by atoms with Crippen LogP contribution in [0.15, 0.2) is 72.8 Å². The zero-order valence-corrected chi connectivity index (χ0v) is 31.4. The van der Waals surface area contributed by atoms with Gasteiger partial charge < -0.3 is 20.4 Å². The number of amides is 2. The minimum absolute atomic E-state index is 0.0405. The molecule has 0 spiro atoms. The summed E-state index contributed by atoms with van der Waals surface area (Å²) in [5, 5.41) is 27.5. The van der Waals surface area contributed by atoms with Gasteiger partial charge in [0.2, 0.25) is 5.91 Å². The summed E-state index contributed by atoms with van der Waals surface area (Å²) in [4.78, 5) is 32.3. The third-order valence-corrected chi connectivity index (χ3v) is 15.3. The number of hydrogen-bond acceptors (Lipinski definition) is 5. The lowest BCUT2D eigenvalue weighted by Gasteiger charge is -2.63. The molecule has 7 heteroatoms. The van der Waals surface area contributed by atoms with Gasteiger partial charge in [0.05, 0.1) is 12.2 Å². The Hall–Kier alpha value is -3.26. The van der Waals surface area contributed by atoms with Crippen molar-refractivity contribution in [2.75, 3.05) is 26.2 Å². The average molecular weight is 706 g/mol. The maximum absolute atomic E-state index is 14.2. The zero-order chi connectivity index (χ0) is 36.2. The maximum Gasteiger partial charge on any atom is 0.251 e. The highest BCUT2D eigenvalue weighted by Crippen LogP contribution is 2.68. The van der Waals surface area contributed by atoms with E-state index < -0.39 is 6.04 Å². The van der Waals surface area contributed by atoms with Crippen molar-refractivity contribution in [1.29, 1.82) is 0 Å². The molecule has 52 heavy (non-hydrogen) atoms. The fraction of sp³-hybridized carbons (Fsp3) is 0.600. The lowest BCUT2D eigenvalue weighted by molar-refractivity contribution is -0.156. The lowest BCUT2D eigenvalue weighted by atomic mass is 9.44. The largest absolute Gasteiger partial charge is 0.393 e. The highest BCUT2D eigenvalue weighted by Gasteiger charge is 2.62. The summed E-state index contributed by atoms with van der Waals surface area (Å²) in [5.74, 6) is 2.81. The van der Waals surface area contributed by atoms with E-state index in [1.807, 2.05) is 84.6 Å². The molecule has 4 aliphatic carbocycles. The van der Waals surface area contributed by atoms with Crippen LogP contribution in [0.3, 0.4) is 0 Å². The lowest BCUT2D eigenvalue weighted by Crippen LogP contribution is -2.63. The fourth-order valence-corrected chi connectivity index (χ4v) is 12.6. The fourth-order valence-electron chi connectivity index (χ4n) is 12.6. The van der Waals surface area contributed by atoms with Gasteiger partial charge in [-0.3, -0.25) is 14.5 Å². The van der Waals surface area contributed by atoms with Gasteiger partial charge >= 0.3 is 0 Å². The second-order valence-electron chi connectivity index (χ2n) is 17.8. The van der Waals surface area contributed by atoms with Crippen molar-refractivity contribution in [2.24, 2.45) is 40.4 Å². The average Bonchev–Trinajstić information content (AvgIpc) is 3.52. The molecule has 4 saturated carbocycles. The number of carbonyl (C=O) groups excluding carboxylic acids is 2. The molecular weight excluding hydrogens is 647 g/mol. The molecule has 3 aromatic carbocycles.